The van der Waals surface area contributed by atoms with Crippen molar-refractivity contribution in [1.82, 2.24) is 29.2 Å². The van der Waals surface area contributed by atoms with Crippen LogP contribution in [-0.4, -0.2) is 135 Å². The number of carbonyl (C=O) groups is 2. The molecule has 66 heavy (non-hydrogen) atoms. The van der Waals surface area contributed by atoms with E-state index >= 15 is 0 Å². The molecule has 5 aromatic rings. The Labute approximate surface area is 393 Å². The molecule has 352 valence electrons. The number of carbonyl (C=O) groups excluding carboxylic acids is 2. The van der Waals surface area contributed by atoms with Gasteiger partial charge >= 0.3 is 5.69 Å². The van der Waals surface area contributed by atoms with E-state index in [2.05, 4.69) is 31.5 Å². The quantitative estimate of drug-likeness (QED) is 0.0585. The third-order valence-corrected chi connectivity index (χ3v) is 12.4. The number of piperazine rings is 1. The lowest BCUT2D eigenvalue weighted by atomic mass is 10.1. The number of nitrogens with one attached hydrogen (secondary N) is 2. The van der Waals surface area contributed by atoms with Crippen LogP contribution in [0.15, 0.2) is 53.5 Å². The number of ether oxygens (including phenoxy) is 6. The van der Waals surface area contributed by atoms with Crippen molar-refractivity contribution in [3.05, 3.63) is 80.3 Å². The number of pyridine rings is 1. The summed E-state index contributed by atoms with van der Waals surface area (Å²) in [7, 11) is 4.80. The minimum atomic E-state index is -0.695. The number of methoxy groups -OCH3 is 2. The van der Waals surface area contributed by atoms with Gasteiger partial charge < -0.3 is 38.6 Å². The predicted octanol–water partition coefficient (Wildman–Crippen LogP) is 5.87. The van der Waals surface area contributed by atoms with Crippen LogP contribution < -0.4 is 30.5 Å². The first-order chi connectivity index (χ1) is 32.1. The first kappa shape index (κ1) is 48.5. The number of imide groups is 1. The van der Waals surface area contributed by atoms with Gasteiger partial charge in [0.05, 0.1) is 97.4 Å². The van der Waals surface area contributed by atoms with Crippen molar-refractivity contribution in [2.45, 2.75) is 38.1 Å². The highest BCUT2D eigenvalue weighted by molar-refractivity contribution is 6.37. The number of aromatic nitrogens is 3. The Hall–Kier alpha value is -5.45. The van der Waals surface area contributed by atoms with Gasteiger partial charge in [0.15, 0.2) is 11.5 Å². The van der Waals surface area contributed by atoms with Gasteiger partial charge in [-0.3, -0.25) is 33.9 Å². The fraction of sp³-hybridized carbons (Fsp3) is 0.468. The number of fused-ring (bicyclic) bond motifs is 2. The molecule has 17 nitrogen and oxygen atoms in total. The van der Waals surface area contributed by atoms with Crippen LogP contribution in [0.1, 0.15) is 42.9 Å². The van der Waals surface area contributed by atoms with Gasteiger partial charge in [0.1, 0.15) is 17.9 Å². The summed E-state index contributed by atoms with van der Waals surface area (Å²) < 4.78 is 37.6. The Bertz CT molecular complexity index is 2610. The minimum absolute atomic E-state index is 0.209. The molecule has 0 radical (unpaired) electrons. The number of benzene rings is 3. The summed E-state index contributed by atoms with van der Waals surface area (Å²) in [6.45, 7) is 9.45. The number of hydrogen-bond acceptors (Lipinski definition) is 14. The van der Waals surface area contributed by atoms with Gasteiger partial charge in [0.25, 0.3) is 0 Å². The zero-order valence-electron chi connectivity index (χ0n) is 37.5. The second kappa shape index (κ2) is 23.3. The van der Waals surface area contributed by atoms with E-state index < -0.39 is 11.9 Å². The van der Waals surface area contributed by atoms with Crippen molar-refractivity contribution in [2.24, 2.45) is 7.05 Å². The highest BCUT2D eigenvalue weighted by Crippen LogP contribution is 2.40. The van der Waals surface area contributed by atoms with Crippen molar-refractivity contribution >= 4 is 68.3 Å². The number of amides is 2. The second-order valence-electron chi connectivity index (χ2n) is 16.1. The van der Waals surface area contributed by atoms with E-state index in [-0.39, 0.29) is 18.0 Å². The summed E-state index contributed by atoms with van der Waals surface area (Å²) in [4.78, 5) is 46.5. The summed E-state index contributed by atoms with van der Waals surface area (Å²) >= 11 is 12.7. The minimum Gasteiger partial charge on any atom is -0.495 e. The number of piperidine rings is 1. The van der Waals surface area contributed by atoms with Crippen molar-refractivity contribution in [1.29, 1.82) is 5.26 Å². The Balaban J connectivity index is 0.731. The maximum atomic E-state index is 13.0. The van der Waals surface area contributed by atoms with E-state index in [0.717, 1.165) is 69.6 Å². The van der Waals surface area contributed by atoms with Crippen molar-refractivity contribution in [3.8, 4) is 23.3 Å². The average Bonchev–Trinajstić information content (AvgIpc) is 3.56. The molecule has 2 aliphatic rings. The summed E-state index contributed by atoms with van der Waals surface area (Å²) in [5.74, 6) is 0.788. The molecule has 4 heterocycles. The topological polar surface area (TPSA) is 184 Å². The van der Waals surface area contributed by atoms with Gasteiger partial charge in [-0.25, -0.2) is 4.79 Å². The van der Waals surface area contributed by atoms with Crippen LogP contribution in [0.2, 0.25) is 10.0 Å². The molecule has 0 spiro atoms. The molecular formula is C47H56Cl2N8O9. The molecule has 2 N–H and O–H groups in total. The number of nitrogens with zero attached hydrogens (tertiary/aromatic N) is 6. The fourth-order valence-corrected chi connectivity index (χ4v) is 8.73. The fourth-order valence-electron chi connectivity index (χ4n) is 8.22. The molecule has 2 saturated heterocycles. The highest BCUT2D eigenvalue weighted by Gasteiger charge is 2.31. The van der Waals surface area contributed by atoms with Crippen LogP contribution >= 0.6 is 23.2 Å². The summed E-state index contributed by atoms with van der Waals surface area (Å²) in [6, 6.07) is 14.2. The number of hydrogen-bond donors (Lipinski definition) is 2. The summed E-state index contributed by atoms with van der Waals surface area (Å²) in [5, 5.41) is 16.9. The van der Waals surface area contributed by atoms with Crippen LogP contribution in [0.4, 0.5) is 11.4 Å². The third-order valence-electron chi connectivity index (χ3n) is 11.8. The van der Waals surface area contributed by atoms with Crippen LogP contribution in [0.25, 0.3) is 21.9 Å². The molecule has 2 aliphatic heterocycles. The van der Waals surface area contributed by atoms with Crippen molar-refractivity contribution in [2.75, 3.05) is 105 Å². The van der Waals surface area contributed by atoms with E-state index in [9.17, 15) is 19.6 Å². The average molecular weight is 948 g/mol. The largest absolute Gasteiger partial charge is 0.495 e. The molecule has 0 bridgehead atoms. The second-order valence-corrected chi connectivity index (χ2v) is 16.9. The Morgan fingerprint density at radius 3 is 2.23 bits per heavy atom. The third kappa shape index (κ3) is 11.9. The monoisotopic (exact) mass is 946 g/mol. The summed E-state index contributed by atoms with van der Waals surface area (Å²) in [6.07, 6.45) is 4.46. The normalized spacial score (nSPS) is 15.8. The molecule has 1 unspecified atom stereocenters. The molecule has 1 atom stereocenters. The smallest absolute Gasteiger partial charge is 0.329 e. The number of rotatable bonds is 23. The first-order valence-electron chi connectivity index (χ1n) is 22.1. The zero-order valence-corrected chi connectivity index (χ0v) is 39.0. The van der Waals surface area contributed by atoms with Gasteiger partial charge in [-0.15, -0.1) is 0 Å². The number of imidazole rings is 1. The molecule has 2 aromatic heterocycles. The molecule has 0 aliphatic carbocycles. The molecule has 2 amide bonds. The van der Waals surface area contributed by atoms with Gasteiger partial charge in [-0.2, -0.15) is 5.26 Å². The molecular weight excluding hydrogens is 891 g/mol. The highest BCUT2D eigenvalue weighted by atomic mass is 35.5. The molecule has 2 fully saturated rings. The van der Waals surface area contributed by atoms with E-state index in [1.54, 1.807) is 30.9 Å². The maximum Gasteiger partial charge on any atom is 0.329 e. The molecule has 0 saturated carbocycles. The van der Waals surface area contributed by atoms with Gasteiger partial charge in [-0.05, 0) is 55.5 Å². The number of aryl methyl sites for hydroxylation is 2. The standard InChI is InChI=1S/C47H56Cl2N8O9/c1-54-40-24-31(7-8-38(40)57(47(54)60)39-9-10-44(58)53-46(39)59)6-4-17-63-20-22-65-23-21-64-19-16-56-14-12-55(13-15-56)11-5-18-66-43-27-36-33(25-42(43)62-3)45(32(29-50)30-51-36)52-37-28-41(61-2)35(49)26-34(37)48/h7-8,24-28,30,39H,4-6,9-23H2,1-3H3,(H,51,52)(H,53,58,59). The number of nitriles is 1. The van der Waals surface area contributed by atoms with Crippen LogP contribution in [-0.2, 0) is 37.3 Å². The molecule has 7 rings (SSSR count). The summed E-state index contributed by atoms with van der Waals surface area (Å²) in [5.41, 5.74) is 4.24. The molecule has 3 aromatic carbocycles. The zero-order chi connectivity index (χ0) is 46.6. The first-order valence-corrected chi connectivity index (χ1v) is 22.9. The van der Waals surface area contributed by atoms with Gasteiger partial charge in [0, 0.05) is 83.1 Å². The lowest BCUT2D eigenvalue weighted by molar-refractivity contribution is -0.135. The van der Waals surface area contributed by atoms with E-state index in [4.69, 9.17) is 51.6 Å². The Kier molecular flexibility index (Phi) is 17.1. The SMILES string of the molecule is COc1cc(Nc2c(C#N)cnc3cc(OCCCN4CCN(CCOCCOCCOCCCc5ccc6c(c5)n(C)c(=O)n6C5CCC(=O)NC5=O)CC4)c(OC)cc23)c(Cl)cc1Cl. The Morgan fingerprint density at radius 1 is 0.803 bits per heavy atom. The predicted molar refractivity (Wildman–Crippen MR) is 252 cm³/mol. The van der Waals surface area contributed by atoms with Crippen LogP contribution in [0.5, 0.6) is 17.2 Å². The van der Waals surface area contributed by atoms with Gasteiger partial charge in [0.2, 0.25) is 11.8 Å². The van der Waals surface area contributed by atoms with E-state index in [1.807, 2.05) is 30.3 Å². The number of anilines is 2. The Morgan fingerprint density at radius 2 is 1.52 bits per heavy atom. The van der Waals surface area contributed by atoms with E-state index in [0.29, 0.717) is 113 Å². The van der Waals surface area contributed by atoms with Gasteiger partial charge in [-0.1, -0.05) is 29.3 Å². The van der Waals surface area contributed by atoms with Crippen molar-refractivity contribution in [3.63, 3.8) is 0 Å². The lowest BCUT2D eigenvalue weighted by Gasteiger charge is -2.34. The van der Waals surface area contributed by atoms with Crippen LogP contribution in [0.3, 0.4) is 0 Å². The maximum absolute atomic E-state index is 13.0. The van der Waals surface area contributed by atoms with Crippen LogP contribution in [0, 0.1) is 11.3 Å². The van der Waals surface area contributed by atoms with Crippen molar-refractivity contribution < 1.29 is 38.0 Å². The van der Waals surface area contributed by atoms with E-state index in [1.165, 1.54) is 17.9 Å². The lowest BCUT2D eigenvalue weighted by Crippen LogP contribution is -2.47. The molecule has 19 heteroatoms. The number of halogens is 2.